The van der Waals surface area contributed by atoms with Crippen LogP contribution >= 0.6 is 0 Å². The van der Waals surface area contributed by atoms with Gasteiger partial charge in [0, 0.05) is 19.7 Å². The van der Waals surface area contributed by atoms with Gasteiger partial charge in [-0.1, -0.05) is 0 Å². The predicted molar refractivity (Wildman–Crippen MR) is 75.2 cm³/mol. The Balaban J connectivity index is 2.00. The molecule has 2 atom stereocenters. The third kappa shape index (κ3) is 2.18. The van der Waals surface area contributed by atoms with Crippen molar-refractivity contribution in [1.29, 1.82) is 0 Å². The van der Waals surface area contributed by atoms with Crippen LogP contribution < -0.4 is 10.2 Å². The minimum absolute atomic E-state index is 0.0663. The first-order valence-electron chi connectivity index (χ1n) is 6.92. The Labute approximate surface area is 117 Å². The summed E-state index contributed by atoms with van der Waals surface area (Å²) >= 11 is 0. The van der Waals surface area contributed by atoms with Crippen molar-refractivity contribution in [2.45, 2.75) is 31.4 Å². The number of fused-ring (bicyclic) bond motifs is 1. The Kier molecular flexibility index (Phi) is 3.43. The van der Waals surface area contributed by atoms with Crippen LogP contribution in [0.2, 0.25) is 0 Å². The summed E-state index contributed by atoms with van der Waals surface area (Å²) in [5.74, 6) is 1.11. The van der Waals surface area contributed by atoms with E-state index in [1.807, 2.05) is 0 Å². The van der Waals surface area contributed by atoms with Crippen molar-refractivity contribution in [3.05, 3.63) is 22.2 Å². The highest BCUT2D eigenvalue weighted by atomic mass is 16.6. The predicted octanol–water partition coefficient (Wildman–Crippen LogP) is 1.79. The van der Waals surface area contributed by atoms with Crippen LogP contribution in [-0.2, 0) is 4.74 Å². The zero-order chi connectivity index (χ0) is 14.1. The number of anilines is 2. The van der Waals surface area contributed by atoms with E-state index in [-0.39, 0.29) is 22.8 Å². The van der Waals surface area contributed by atoms with Gasteiger partial charge in [0.2, 0.25) is 5.82 Å². The smallest absolute Gasteiger partial charge is 0.311 e. The standard InChI is InChI=1S/C13H18N4O3/c1-14-12-6-5-10(17(18)19)13(15-12)16-7-8-20-11-4-2-3-9(11)16/h5-6,9,11H,2-4,7-8H2,1H3,(H,14,15). The van der Waals surface area contributed by atoms with E-state index in [1.165, 1.54) is 6.07 Å². The van der Waals surface area contributed by atoms with E-state index in [4.69, 9.17) is 4.74 Å². The normalized spacial score (nSPS) is 25.4. The van der Waals surface area contributed by atoms with Gasteiger partial charge in [-0.2, -0.15) is 0 Å². The van der Waals surface area contributed by atoms with E-state index in [0.717, 1.165) is 19.3 Å². The first kappa shape index (κ1) is 13.1. The number of nitro groups is 1. The highest BCUT2D eigenvalue weighted by Gasteiger charge is 2.39. The van der Waals surface area contributed by atoms with Crippen LogP contribution in [0.15, 0.2) is 12.1 Å². The minimum atomic E-state index is -0.360. The van der Waals surface area contributed by atoms with Gasteiger partial charge >= 0.3 is 5.69 Å². The van der Waals surface area contributed by atoms with Gasteiger partial charge in [0.25, 0.3) is 0 Å². The summed E-state index contributed by atoms with van der Waals surface area (Å²) in [5, 5.41) is 14.2. The topological polar surface area (TPSA) is 80.5 Å². The summed E-state index contributed by atoms with van der Waals surface area (Å²) in [6, 6.07) is 3.36. The average Bonchev–Trinajstić information content (AvgIpc) is 2.94. The number of hydrogen-bond acceptors (Lipinski definition) is 6. The quantitative estimate of drug-likeness (QED) is 0.670. The van der Waals surface area contributed by atoms with Crippen molar-refractivity contribution in [1.82, 2.24) is 4.98 Å². The van der Waals surface area contributed by atoms with Crippen molar-refractivity contribution < 1.29 is 9.66 Å². The highest BCUT2D eigenvalue weighted by molar-refractivity contribution is 5.62. The minimum Gasteiger partial charge on any atom is -0.374 e. The lowest BCUT2D eigenvalue weighted by Crippen LogP contribution is -2.49. The number of pyridine rings is 1. The molecule has 2 heterocycles. The van der Waals surface area contributed by atoms with Crippen LogP contribution in [0.3, 0.4) is 0 Å². The Hall–Kier alpha value is -1.89. The first-order valence-corrected chi connectivity index (χ1v) is 6.92. The maximum Gasteiger partial charge on any atom is 0.311 e. The molecule has 2 fully saturated rings. The van der Waals surface area contributed by atoms with Crippen molar-refractivity contribution in [2.24, 2.45) is 0 Å². The first-order chi connectivity index (χ1) is 9.70. The number of aromatic nitrogens is 1. The molecule has 1 aromatic heterocycles. The molecule has 7 nitrogen and oxygen atoms in total. The molecule has 3 rings (SSSR count). The van der Waals surface area contributed by atoms with E-state index in [1.54, 1.807) is 13.1 Å². The molecule has 1 N–H and O–H groups in total. The van der Waals surface area contributed by atoms with E-state index in [2.05, 4.69) is 15.2 Å². The number of nitrogens with zero attached hydrogens (tertiary/aromatic N) is 3. The molecule has 7 heteroatoms. The van der Waals surface area contributed by atoms with Gasteiger partial charge in [-0.25, -0.2) is 4.98 Å². The molecule has 108 valence electrons. The Morgan fingerprint density at radius 1 is 1.50 bits per heavy atom. The Morgan fingerprint density at radius 2 is 2.35 bits per heavy atom. The molecule has 2 aliphatic rings. The van der Waals surface area contributed by atoms with Crippen LogP contribution in [0.5, 0.6) is 0 Å². The Bertz CT molecular complexity index is 522. The molecule has 1 aromatic rings. The van der Waals surface area contributed by atoms with Gasteiger partial charge in [0.05, 0.1) is 23.7 Å². The average molecular weight is 278 g/mol. The van der Waals surface area contributed by atoms with Gasteiger partial charge in [0.1, 0.15) is 5.82 Å². The summed E-state index contributed by atoms with van der Waals surface area (Å²) in [5.41, 5.74) is 0.0663. The van der Waals surface area contributed by atoms with Gasteiger partial charge in [0.15, 0.2) is 0 Å². The summed E-state index contributed by atoms with van der Waals surface area (Å²) < 4.78 is 5.76. The van der Waals surface area contributed by atoms with Crippen molar-refractivity contribution >= 4 is 17.3 Å². The SMILES string of the molecule is CNc1ccc([N+](=O)[O-])c(N2CCOC3CCCC32)n1. The molecular formula is C13H18N4O3. The largest absolute Gasteiger partial charge is 0.374 e. The van der Waals surface area contributed by atoms with Crippen molar-refractivity contribution in [3.8, 4) is 0 Å². The van der Waals surface area contributed by atoms with Crippen LogP contribution in [0, 0.1) is 10.1 Å². The van der Waals surface area contributed by atoms with Gasteiger partial charge in [-0.15, -0.1) is 0 Å². The van der Waals surface area contributed by atoms with Crippen LogP contribution in [0.25, 0.3) is 0 Å². The molecule has 0 aromatic carbocycles. The molecule has 0 bridgehead atoms. The molecule has 1 saturated heterocycles. The molecule has 1 aliphatic heterocycles. The summed E-state index contributed by atoms with van der Waals surface area (Å²) in [7, 11) is 1.76. The lowest BCUT2D eigenvalue weighted by Gasteiger charge is -2.38. The number of morpholine rings is 1. The lowest BCUT2D eigenvalue weighted by molar-refractivity contribution is -0.384. The lowest BCUT2D eigenvalue weighted by atomic mass is 10.1. The van der Waals surface area contributed by atoms with Crippen molar-refractivity contribution in [2.75, 3.05) is 30.4 Å². The summed E-state index contributed by atoms with van der Waals surface area (Å²) in [6.07, 6.45) is 3.32. The molecule has 20 heavy (non-hydrogen) atoms. The van der Waals surface area contributed by atoms with Crippen molar-refractivity contribution in [3.63, 3.8) is 0 Å². The number of rotatable bonds is 3. The van der Waals surface area contributed by atoms with Gasteiger partial charge in [-0.3, -0.25) is 10.1 Å². The number of nitrogens with one attached hydrogen (secondary N) is 1. The molecule has 1 aliphatic carbocycles. The molecular weight excluding hydrogens is 260 g/mol. The molecule has 0 spiro atoms. The second kappa shape index (κ2) is 5.24. The van der Waals surface area contributed by atoms with Crippen LogP contribution in [-0.4, -0.2) is 42.3 Å². The fraction of sp³-hybridized carbons (Fsp3) is 0.615. The summed E-state index contributed by atoms with van der Waals surface area (Å²) in [6.45, 7) is 1.26. The number of hydrogen-bond donors (Lipinski definition) is 1. The zero-order valence-electron chi connectivity index (χ0n) is 11.4. The Morgan fingerprint density at radius 3 is 3.10 bits per heavy atom. The third-order valence-electron chi connectivity index (χ3n) is 4.06. The van der Waals surface area contributed by atoms with Gasteiger partial charge < -0.3 is 15.0 Å². The van der Waals surface area contributed by atoms with E-state index >= 15 is 0 Å². The van der Waals surface area contributed by atoms with Gasteiger partial charge in [-0.05, 0) is 25.3 Å². The molecule has 2 unspecified atom stereocenters. The number of ether oxygens (including phenoxy) is 1. The van der Waals surface area contributed by atoms with E-state index in [0.29, 0.717) is 24.8 Å². The molecule has 0 radical (unpaired) electrons. The maximum absolute atomic E-state index is 11.2. The zero-order valence-corrected chi connectivity index (χ0v) is 11.4. The van der Waals surface area contributed by atoms with Crippen LogP contribution in [0.4, 0.5) is 17.3 Å². The second-order valence-electron chi connectivity index (χ2n) is 5.15. The maximum atomic E-state index is 11.2. The third-order valence-corrected chi connectivity index (χ3v) is 4.06. The van der Waals surface area contributed by atoms with Crippen LogP contribution in [0.1, 0.15) is 19.3 Å². The highest BCUT2D eigenvalue weighted by Crippen LogP contribution is 2.36. The molecule has 0 amide bonds. The fourth-order valence-corrected chi connectivity index (χ4v) is 3.12. The van der Waals surface area contributed by atoms with E-state index in [9.17, 15) is 10.1 Å². The fourth-order valence-electron chi connectivity index (χ4n) is 3.12. The van der Waals surface area contributed by atoms with E-state index < -0.39 is 0 Å². The summed E-state index contributed by atoms with van der Waals surface area (Å²) in [4.78, 5) is 17.4. The second-order valence-corrected chi connectivity index (χ2v) is 5.15. The monoisotopic (exact) mass is 278 g/mol. The molecule has 1 saturated carbocycles.